The third-order valence-corrected chi connectivity index (χ3v) is 5.82. The van der Waals surface area contributed by atoms with Crippen molar-refractivity contribution in [2.75, 3.05) is 19.6 Å². The standard InChI is InChI=1S/C17H24N2O4S/c1-13-8-11-19(12-9-13)17(21)7-10-18-24(22,23)16-5-3-15(4-6-16)14(2)20/h3-6,13,18H,7-12H2,1-2H3. The summed E-state index contributed by atoms with van der Waals surface area (Å²) in [6.07, 6.45) is 2.15. The van der Waals surface area contributed by atoms with Gasteiger partial charge in [-0.3, -0.25) is 9.59 Å². The predicted octanol–water partition coefficient (Wildman–Crippen LogP) is 1.82. The Hall–Kier alpha value is -1.73. The number of nitrogens with zero attached hydrogens (tertiary/aromatic N) is 1. The van der Waals surface area contributed by atoms with E-state index in [1.54, 1.807) is 4.90 Å². The second-order valence-electron chi connectivity index (χ2n) is 6.29. The van der Waals surface area contributed by atoms with Crippen molar-refractivity contribution in [3.05, 3.63) is 29.8 Å². The summed E-state index contributed by atoms with van der Waals surface area (Å²) >= 11 is 0. The summed E-state index contributed by atoms with van der Waals surface area (Å²) in [6, 6.07) is 5.76. The molecule has 0 saturated carbocycles. The maximum atomic E-state index is 12.2. The molecule has 1 aliphatic rings. The minimum atomic E-state index is -3.67. The van der Waals surface area contributed by atoms with Crippen molar-refractivity contribution in [2.24, 2.45) is 5.92 Å². The van der Waals surface area contributed by atoms with Crippen molar-refractivity contribution in [3.8, 4) is 0 Å². The molecule has 0 aliphatic carbocycles. The molecular weight excluding hydrogens is 328 g/mol. The number of piperidine rings is 1. The lowest BCUT2D eigenvalue weighted by atomic mass is 9.99. The molecule has 0 unspecified atom stereocenters. The van der Waals surface area contributed by atoms with Crippen LogP contribution in [-0.4, -0.2) is 44.6 Å². The number of nitrogens with one attached hydrogen (secondary N) is 1. The number of carbonyl (C=O) groups excluding carboxylic acids is 2. The number of hydrogen-bond acceptors (Lipinski definition) is 4. The van der Waals surface area contributed by atoms with E-state index in [1.165, 1.54) is 31.2 Å². The minimum absolute atomic E-state index is 0.0171. The smallest absolute Gasteiger partial charge is 0.240 e. The molecule has 1 N–H and O–H groups in total. The first kappa shape index (κ1) is 18.6. The second kappa shape index (κ2) is 7.90. The number of sulfonamides is 1. The molecule has 7 heteroatoms. The quantitative estimate of drug-likeness (QED) is 0.792. The lowest BCUT2D eigenvalue weighted by Gasteiger charge is -2.30. The Kier molecular flexibility index (Phi) is 6.12. The van der Waals surface area contributed by atoms with Crippen LogP contribution >= 0.6 is 0 Å². The summed E-state index contributed by atoms with van der Waals surface area (Å²) in [7, 11) is -3.67. The molecule has 1 fully saturated rings. The third-order valence-electron chi connectivity index (χ3n) is 4.34. The molecule has 1 aromatic rings. The van der Waals surface area contributed by atoms with Crippen molar-refractivity contribution < 1.29 is 18.0 Å². The Balaban J connectivity index is 1.86. The van der Waals surface area contributed by atoms with E-state index in [9.17, 15) is 18.0 Å². The molecule has 1 aromatic carbocycles. The zero-order valence-electron chi connectivity index (χ0n) is 14.1. The molecule has 0 spiro atoms. The van der Waals surface area contributed by atoms with Gasteiger partial charge in [-0.15, -0.1) is 0 Å². The molecule has 1 amide bonds. The summed E-state index contributed by atoms with van der Waals surface area (Å²) in [5.41, 5.74) is 0.462. The van der Waals surface area contributed by atoms with Gasteiger partial charge >= 0.3 is 0 Å². The van der Waals surface area contributed by atoms with Crippen LogP contribution in [0.5, 0.6) is 0 Å². The summed E-state index contributed by atoms with van der Waals surface area (Å²) in [5, 5.41) is 0. The van der Waals surface area contributed by atoms with Gasteiger partial charge in [0.25, 0.3) is 0 Å². The summed E-state index contributed by atoms with van der Waals surface area (Å²) in [5.74, 6) is 0.510. The van der Waals surface area contributed by atoms with Crippen molar-refractivity contribution in [2.45, 2.75) is 38.0 Å². The number of likely N-dealkylation sites (tertiary alicyclic amines) is 1. The molecule has 1 aliphatic heterocycles. The first-order valence-electron chi connectivity index (χ1n) is 8.18. The van der Waals surface area contributed by atoms with Crippen molar-refractivity contribution in [1.29, 1.82) is 0 Å². The number of ketones is 1. The molecule has 0 aromatic heterocycles. The first-order chi connectivity index (χ1) is 11.3. The number of carbonyl (C=O) groups is 2. The third kappa shape index (κ3) is 4.88. The van der Waals surface area contributed by atoms with Gasteiger partial charge in [-0.1, -0.05) is 19.1 Å². The zero-order chi connectivity index (χ0) is 17.7. The number of benzene rings is 1. The fraction of sp³-hybridized carbons (Fsp3) is 0.529. The summed E-state index contributed by atoms with van der Waals surface area (Å²) in [6.45, 7) is 5.17. The average Bonchev–Trinajstić information content (AvgIpc) is 2.55. The van der Waals surface area contributed by atoms with E-state index < -0.39 is 10.0 Å². The van der Waals surface area contributed by atoms with Crippen molar-refractivity contribution in [3.63, 3.8) is 0 Å². The van der Waals surface area contributed by atoms with E-state index in [0.29, 0.717) is 11.5 Å². The normalized spacial score (nSPS) is 16.2. The van der Waals surface area contributed by atoms with Crippen LogP contribution in [0.2, 0.25) is 0 Å². The molecule has 24 heavy (non-hydrogen) atoms. The van der Waals surface area contributed by atoms with Gasteiger partial charge in [0.2, 0.25) is 15.9 Å². The maximum absolute atomic E-state index is 12.2. The number of Topliss-reactive ketones (excluding diaryl/α,β-unsaturated/α-hetero) is 1. The van der Waals surface area contributed by atoms with E-state index in [1.807, 2.05) is 0 Å². The summed E-state index contributed by atoms with van der Waals surface area (Å²) < 4.78 is 26.8. The van der Waals surface area contributed by atoms with Crippen LogP contribution in [0.15, 0.2) is 29.2 Å². The van der Waals surface area contributed by atoms with E-state index in [4.69, 9.17) is 0 Å². The summed E-state index contributed by atoms with van der Waals surface area (Å²) in [4.78, 5) is 25.2. The molecule has 0 atom stereocenters. The van der Waals surface area contributed by atoms with Gasteiger partial charge in [0.05, 0.1) is 4.90 Å². The van der Waals surface area contributed by atoms with E-state index in [-0.39, 0.29) is 29.6 Å². The lowest BCUT2D eigenvalue weighted by molar-refractivity contribution is -0.132. The number of amides is 1. The van der Waals surface area contributed by atoms with Gasteiger partial charge in [0.15, 0.2) is 5.78 Å². The lowest BCUT2D eigenvalue weighted by Crippen LogP contribution is -2.39. The highest BCUT2D eigenvalue weighted by Gasteiger charge is 2.21. The van der Waals surface area contributed by atoms with Gasteiger partial charge in [-0.2, -0.15) is 0 Å². The molecule has 6 nitrogen and oxygen atoms in total. The molecule has 0 bridgehead atoms. The van der Waals surface area contributed by atoms with Crippen LogP contribution < -0.4 is 4.72 Å². The number of rotatable bonds is 6. The van der Waals surface area contributed by atoms with Crippen molar-refractivity contribution >= 4 is 21.7 Å². The van der Waals surface area contributed by atoms with Crippen LogP contribution in [0.1, 0.15) is 43.5 Å². The van der Waals surface area contributed by atoms with Gasteiger partial charge in [0.1, 0.15) is 0 Å². The van der Waals surface area contributed by atoms with Crippen LogP contribution in [0, 0.1) is 5.92 Å². The topological polar surface area (TPSA) is 83.5 Å². The maximum Gasteiger partial charge on any atom is 0.240 e. The predicted molar refractivity (Wildman–Crippen MR) is 91.2 cm³/mol. The Morgan fingerprint density at radius 3 is 2.29 bits per heavy atom. The van der Waals surface area contributed by atoms with Crippen LogP contribution in [0.3, 0.4) is 0 Å². The monoisotopic (exact) mass is 352 g/mol. The zero-order valence-corrected chi connectivity index (χ0v) is 14.9. The average molecular weight is 352 g/mol. The van der Waals surface area contributed by atoms with Gasteiger partial charge in [-0.25, -0.2) is 13.1 Å². The van der Waals surface area contributed by atoms with Crippen molar-refractivity contribution in [1.82, 2.24) is 9.62 Å². The molecular formula is C17H24N2O4S. The highest BCUT2D eigenvalue weighted by molar-refractivity contribution is 7.89. The first-order valence-corrected chi connectivity index (χ1v) is 9.66. The molecule has 1 saturated heterocycles. The molecule has 1 heterocycles. The minimum Gasteiger partial charge on any atom is -0.343 e. The van der Waals surface area contributed by atoms with E-state index in [2.05, 4.69) is 11.6 Å². The Bertz CT molecular complexity index is 690. The van der Waals surface area contributed by atoms with E-state index >= 15 is 0 Å². The number of hydrogen-bond donors (Lipinski definition) is 1. The highest BCUT2D eigenvalue weighted by Crippen LogP contribution is 2.16. The van der Waals surface area contributed by atoms with Gasteiger partial charge in [0, 0.05) is 31.6 Å². The van der Waals surface area contributed by atoms with Gasteiger partial charge in [-0.05, 0) is 37.8 Å². The van der Waals surface area contributed by atoms with Crippen LogP contribution in [0.25, 0.3) is 0 Å². The fourth-order valence-electron chi connectivity index (χ4n) is 2.66. The molecule has 132 valence electrons. The fourth-order valence-corrected chi connectivity index (χ4v) is 3.69. The van der Waals surface area contributed by atoms with Crippen LogP contribution in [0.4, 0.5) is 0 Å². The Morgan fingerprint density at radius 1 is 1.17 bits per heavy atom. The van der Waals surface area contributed by atoms with Crippen LogP contribution in [-0.2, 0) is 14.8 Å². The molecule has 0 radical (unpaired) electrons. The second-order valence-corrected chi connectivity index (χ2v) is 8.06. The molecule has 2 rings (SSSR count). The largest absolute Gasteiger partial charge is 0.343 e. The Labute approximate surface area is 143 Å². The Morgan fingerprint density at radius 2 is 1.75 bits per heavy atom. The van der Waals surface area contributed by atoms with E-state index in [0.717, 1.165) is 25.9 Å². The highest BCUT2D eigenvalue weighted by atomic mass is 32.2. The van der Waals surface area contributed by atoms with Gasteiger partial charge < -0.3 is 4.90 Å². The SMILES string of the molecule is CC(=O)c1ccc(S(=O)(=O)NCCC(=O)N2CCC(C)CC2)cc1.